The van der Waals surface area contributed by atoms with Gasteiger partial charge in [-0.05, 0) is 38.1 Å². The van der Waals surface area contributed by atoms with Gasteiger partial charge in [0, 0.05) is 66.4 Å². The van der Waals surface area contributed by atoms with Crippen LogP contribution >= 0.6 is 0 Å². The number of carbonyl (C=O) groups is 6. The van der Waals surface area contributed by atoms with E-state index in [9.17, 15) is 28.8 Å². The van der Waals surface area contributed by atoms with Gasteiger partial charge in [-0.2, -0.15) is 0 Å². The topological polar surface area (TPSA) is 277 Å². The summed E-state index contributed by atoms with van der Waals surface area (Å²) >= 11 is 0. The van der Waals surface area contributed by atoms with E-state index in [2.05, 4.69) is 35.6 Å². The van der Waals surface area contributed by atoms with Crippen molar-refractivity contribution in [1.82, 2.24) is 16.0 Å². The minimum Gasteiger partial charge on any atom is -0.481 e. The number of rotatable bonds is 50. The van der Waals surface area contributed by atoms with Gasteiger partial charge in [0.05, 0.1) is 131 Å². The summed E-state index contributed by atoms with van der Waals surface area (Å²) in [6, 6.07) is 0.292. The molecule has 1 atom stereocenters. The number of hydrogen-bond donors (Lipinski definition) is 5. The third kappa shape index (κ3) is 48.8. The summed E-state index contributed by atoms with van der Waals surface area (Å²) in [4.78, 5) is 70.4. The molecule has 0 saturated carbocycles. The second kappa shape index (κ2) is 45.6. The Morgan fingerprint density at radius 3 is 1.41 bits per heavy atom. The Morgan fingerprint density at radius 1 is 0.455 bits per heavy atom. The van der Waals surface area contributed by atoms with Crippen molar-refractivity contribution in [1.29, 1.82) is 0 Å². The maximum absolute atomic E-state index is 12.2. The number of nitrogens with two attached hydrogens (primary N) is 1. The largest absolute Gasteiger partial charge is 0.481 e. The highest BCUT2D eigenvalue weighted by molar-refractivity contribution is 6.76. The maximum atomic E-state index is 12.2. The molecule has 0 aromatic rings. The minimum atomic E-state index is -1.24. The molecule has 0 fully saturated rings. The first-order valence-electron chi connectivity index (χ1n) is 23.5. The van der Waals surface area contributed by atoms with Crippen molar-refractivity contribution in [2.24, 2.45) is 5.73 Å². The lowest BCUT2D eigenvalue weighted by Gasteiger charge is -2.15. The predicted octanol–water partition coefficient (Wildman–Crippen LogP) is 1.64. The Bertz CT molecular complexity index is 1250. The second-order valence-corrected chi connectivity index (χ2v) is 21.9. The molecule has 0 bridgehead atoms. The van der Waals surface area contributed by atoms with Crippen LogP contribution in [0.4, 0.5) is 0 Å². The Balaban J connectivity index is 3.41. The van der Waals surface area contributed by atoms with Crippen molar-refractivity contribution in [3.63, 3.8) is 0 Å². The van der Waals surface area contributed by atoms with Crippen molar-refractivity contribution in [2.75, 3.05) is 145 Å². The van der Waals surface area contributed by atoms with Gasteiger partial charge in [0.1, 0.15) is 5.78 Å². The summed E-state index contributed by atoms with van der Waals surface area (Å²) in [5.74, 6) is -1.55. The summed E-state index contributed by atoms with van der Waals surface area (Å²) < 4.78 is 53.8. The van der Waals surface area contributed by atoms with E-state index < -0.39 is 20.1 Å². The molecule has 0 aromatic carbocycles. The van der Waals surface area contributed by atoms with E-state index in [1.165, 1.54) is 0 Å². The van der Waals surface area contributed by atoms with Gasteiger partial charge in [-0.1, -0.05) is 19.6 Å². The van der Waals surface area contributed by atoms with E-state index >= 15 is 0 Å². The third-order valence-corrected chi connectivity index (χ3v) is 10.8. The Labute approximate surface area is 393 Å². The average molecular weight is 969 g/mol. The lowest BCUT2D eigenvalue weighted by molar-refractivity contribution is -0.143. The number of esters is 1. The van der Waals surface area contributed by atoms with Crippen molar-refractivity contribution in [2.45, 2.75) is 102 Å². The van der Waals surface area contributed by atoms with Crippen LogP contribution in [-0.2, 0) is 76.1 Å². The molecule has 0 aliphatic heterocycles. The number of nitrogens with one attached hydrogen (secondary N) is 3. The van der Waals surface area contributed by atoms with E-state index in [0.717, 1.165) is 6.04 Å². The van der Waals surface area contributed by atoms with Crippen molar-refractivity contribution in [3.05, 3.63) is 0 Å². The molecule has 0 radical (unpaired) electrons. The van der Waals surface area contributed by atoms with E-state index in [-0.39, 0.29) is 75.0 Å². The molecule has 0 rings (SSSR count). The lowest BCUT2D eigenvalue weighted by Crippen LogP contribution is -2.41. The molecule has 0 aliphatic carbocycles. The van der Waals surface area contributed by atoms with Crippen molar-refractivity contribution in [3.8, 4) is 0 Å². The SMILES string of the molecule is C[Si](C)(C)CCOC(=O)CCCNC(=O)[C@@H](N)CCCCNC(=O)CCOCCOCCOCCCC(=O)CCOCCOCCOCCC(=O)NCCOCCOCCOCCC(=O)O. The van der Waals surface area contributed by atoms with Crippen LogP contribution in [0.3, 0.4) is 0 Å². The highest BCUT2D eigenvalue weighted by Gasteiger charge is 2.15. The first-order chi connectivity index (χ1) is 31.8. The quantitative estimate of drug-likeness (QED) is 0.0329. The van der Waals surface area contributed by atoms with Crippen LogP contribution in [0.5, 0.6) is 0 Å². The molecule has 0 saturated heterocycles. The van der Waals surface area contributed by atoms with Crippen LogP contribution in [0.1, 0.15) is 70.6 Å². The molecule has 0 aliphatic rings. The van der Waals surface area contributed by atoms with E-state index in [1.807, 2.05) is 0 Å². The Kier molecular flexibility index (Phi) is 43.4. The summed E-state index contributed by atoms with van der Waals surface area (Å²) in [6.07, 6.45) is 4.41. The summed E-state index contributed by atoms with van der Waals surface area (Å²) in [7, 11) is -1.24. The average Bonchev–Trinajstić information content (AvgIpc) is 3.26. The van der Waals surface area contributed by atoms with Crippen LogP contribution in [0, 0.1) is 0 Å². The fourth-order valence-corrected chi connectivity index (χ4v) is 5.92. The number of carbonyl (C=O) groups excluding carboxylic acids is 5. The van der Waals surface area contributed by atoms with Gasteiger partial charge in [-0.3, -0.25) is 28.8 Å². The maximum Gasteiger partial charge on any atom is 0.305 e. The highest BCUT2D eigenvalue weighted by atomic mass is 28.3. The zero-order valence-electron chi connectivity index (χ0n) is 40.2. The summed E-state index contributed by atoms with van der Waals surface area (Å²) in [5, 5.41) is 16.9. The first-order valence-corrected chi connectivity index (χ1v) is 27.2. The van der Waals surface area contributed by atoms with Crippen LogP contribution in [0.25, 0.3) is 0 Å². The first kappa shape index (κ1) is 62.8. The highest BCUT2D eigenvalue weighted by Crippen LogP contribution is 2.08. The van der Waals surface area contributed by atoms with E-state index in [4.69, 9.17) is 58.2 Å². The van der Waals surface area contributed by atoms with Gasteiger partial charge in [-0.25, -0.2) is 0 Å². The molecule has 21 nitrogen and oxygen atoms in total. The molecule has 66 heavy (non-hydrogen) atoms. The van der Waals surface area contributed by atoms with Gasteiger partial charge < -0.3 is 74.2 Å². The molecule has 0 unspecified atom stereocenters. The molecule has 0 spiro atoms. The monoisotopic (exact) mass is 969 g/mol. The summed E-state index contributed by atoms with van der Waals surface area (Å²) in [5.41, 5.74) is 5.98. The molecule has 22 heteroatoms. The molecular formula is C44H84N4O17Si. The van der Waals surface area contributed by atoms with Gasteiger partial charge in [0.25, 0.3) is 0 Å². The molecule has 0 heterocycles. The van der Waals surface area contributed by atoms with Gasteiger partial charge in [0.15, 0.2) is 0 Å². The fourth-order valence-electron chi connectivity index (χ4n) is 5.20. The van der Waals surface area contributed by atoms with Gasteiger partial charge in [-0.15, -0.1) is 0 Å². The molecule has 3 amide bonds. The zero-order valence-corrected chi connectivity index (χ0v) is 41.2. The standard InChI is InChI=1S/C44H84N4O17Si/c1-66(2,3)37-36-65-43(54)10-6-16-48-44(55)39(45)9-4-5-15-46-40(50)12-20-58-26-32-62-30-24-56-18-7-8-38(49)11-19-57-25-31-63-33-27-59-21-13-41(51)47-17-23-61-29-35-64-34-28-60-22-14-42(52)53/h39H,4-37,45H2,1-3H3,(H,46,50)(H,47,51)(H,48,55)(H,52,53)/t39-/m0/s1. The van der Waals surface area contributed by atoms with Crippen LogP contribution in [0.15, 0.2) is 0 Å². The number of unbranched alkanes of at least 4 members (excludes halogenated alkanes) is 1. The zero-order chi connectivity index (χ0) is 48.8. The van der Waals surface area contributed by atoms with E-state index in [0.29, 0.717) is 170 Å². The Hall–Kier alpha value is -3.16. The number of carboxylic acid groups (broad SMARTS) is 1. The lowest BCUT2D eigenvalue weighted by atomic mass is 10.1. The normalized spacial score (nSPS) is 11.9. The fraction of sp³-hybridized carbons (Fsp3) is 0.864. The number of ether oxygens (including phenoxy) is 10. The van der Waals surface area contributed by atoms with E-state index in [1.54, 1.807) is 0 Å². The van der Waals surface area contributed by atoms with Gasteiger partial charge >= 0.3 is 11.9 Å². The summed E-state index contributed by atoms with van der Waals surface area (Å²) in [6.45, 7) is 14.6. The smallest absolute Gasteiger partial charge is 0.305 e. The number of ketones is 1. The van der Waals surface area contributed by atoms with Crippen molar-refractivity contribution >= 4 is 43.5 Å². The number of carboxylic acids is 1. The third-order valence-electron chi connectivity index (χ3n) is 9.05. The molecule has 6 N–H and O–H groups in total. The van der Waals surface area contributed by atoms with Crippen molar-refractivity contribution < 1.29 is 81.2 Å². The predicted molar refractivity (Wildman–Crippen MR) is 247 cm³/mol. The molecule has 386 valence electrons. The number of Topliss-reactive ketones (excluding diaryl/α,β-unsaturated/α-hetero) is 1. The number of hydrogen-bond acceptors (Lipinski definition) is 17. The van der Waals surface area contributed by atoms with Crippen LogP contribution in [0.2, 0.25) is 25.7 Å². The second-order valence-electron chi connectivity index (χ2n) is 16.3. The Morgan fingerprint density at radius 2 is 0.894 bits per heavy atom. The minimum absolute atomic E-state index is 0.0350. The van der Waals surface area contributed by atoms with Gasteiger partial charge in [0.2, 0.25) is 17.7 Å². The number of aliphatic carboxylic acids is 1. The number of amides is 3. The van der Waals surface area contributed by atoms with Crippen LogP contribution < -0.4 is 21.7 Å². The molecule has 0 aromatic heterocycles. The molecular weight excluding hydrogens is 885 g/mol. The van der Waals surface area contributed by atoms with Crippen LogP contribution in [-0.4, -0.2) is 200 Å².